The molecule has 0 unspecified atom stereocenters. The van der Waals surface area contributed by atoms with Gasteiger partial charge in [0.15, 0.2) is 0 Å². The number of likely N-dealkylation sites (N-methyl/N-ethyl adjacent to an activating group) is 1. The van der Waals surface area contributed by atoms with Crippen LogP contribution in [0.25, 0.3) is 0 Å². The van der Waals surface area contributed by atoms with E-state index in [-0.39, 0.29) is 0 Å². The van der Waals surface area contributed by atoms with Crippen LogP contribution in [-0.2, 0) is 0 Å². The van der Waals surface area contributed by atoms with E-state index in [1.165, 1.54) is 58.9 Å². The zero-order valence-corrected chi connectivity index (χ0v) is 18.8. The van der Waals surface area contributed by atoms with Gasteiger partial charge < -0.3 is 5.32 Å². The fourth-order valence-electron chi connectivity index (χ4n) is 3.68. The predicted octanol–water partition coefficient (Wildman–Crippen LogP) is 2.04. The monoisotopic (exact) mass is 369 g/mol. The quantitative estimate of drug-likeness (QED) is 0.536. The molecular weight excluding hydrogens is 322 g/mol. The van der Waals surface area contributed by atoms with Crippen molar-refractivity contribution in [3.8, 4) is 0 Å². The Morgan fingerprint density at radius 2 is 1.23 bits per heavy atom. The maximum atomic E-state index is 3.53. The molecule has 1 saturated heterocycles. The minimum atomic E-state index is 0.595. The van der Waals surface area contributed by atoms with E-state index in [1.54, 1.807) is 0 Å². The second-order valence-electron chi connectivity index (χ2n) is 8.64. The van der Waals surface area contributed by atoms with Gasteiger partial charge in [0.05, 0.1) is 0 Å². The second-order valence-corrected chi connectivity index (χ2v) is 8.64. The molecule has 0 atom stereocenters. The molecule has 0 aromatic heterocycles. The highest BCUT2D eigenvalue weighted by molar-refractivity contribution is 4.75. The average molecular weight is 370 g/mol. The van der Waals surface area contributed by atoms with Crippen molar-refractivity contribution in [1.82, 2.24) is 24.9 Å². The zero-order chi connectivity index (χ0) is 19.5. The molecule has 1 rings (SSSR count). The minimum Gasteiger partial charge on any atom is -0.313 e. The summed E-state index contributed by atoms with van der Waals surface area (Å²) in [6, 6.07) is 1.87. The highest BCUT2D eigenvalue weighted by atomic mass is 15.3. The Labute approximate surface area is 164 Å². The van der Waals surface area contributed by atoms with Gasteiger partial charge in [-0.05, 0) is 34.2 Å². The fraction of sp³-hybridized carbons (Fsp3) is 1.00. The molecule has 0 aromatic carbocycles. The predicted molar refractivity (Wildman–Crippen MR) is 115 cm³/mol. The van der Waals surface area contributed by atoms with Gasteiger partial charge in [-0.15, -0.1) is 0 Å². The lowest BCUT2D eigenvalue weighted by atomic mass is 10.2. The molecule has 1 heterocycles. The van der Waals surface area contributed by atoms with E-state index in [9.17, 15) is 0 Å². The summed E-state index contributed by atoms with van der Waals surface area (Å²) in [5, 5.41) is 3.53. The summed E-state index contributed by atoms with van der Waals surface area (Å²) >= 11 is 0. The first-order valence-electron chi connectivity index (χ1n) is 11.0. The first kappa shape index (κ1) is 23.8. The molecule has 26 heavy (non-hydrogen) atoms. The van der Waals surface area contributed by atoms with Crippen molar-refractivity contribution in [3.05, 3.63) is 0 Å². The largest absolute Gasteiger partial charge is 0.313 e. The van der Waals surface area contributed by atoms with Crippen molar-refractivity contribution in [1.29, 1.82) is 0 Å². The molecule has 5 nitrogen and oxygen atoms in total. The highest BCUT2D eigenvalue weighted by Gasteiger charge is 2.18. The van der Waals surface area contributed by atoms with Gasteiger partial charge >= 0.3 is 0 Å². The highest BCUT2D eigenvalue weighted by Crippen LogP contribution is 2.05. The van der Waals surface area contributed by atoms with Crippen LogP contribution in [0.3, 0.4) is 0 Å². The van der Waals surface area contributed by atoms with E-state index >= 15 is 0 Å². The lowest BCUT2D eigenvalue weighted by Crippen LogP contribution is -2.51. The van der Waals surface area contributed by atoms with Gasteiger partial charge in [0, 0.05) is 83.6 Å². The van der Waals surface area contributed by atoms with Crippen molar-refractivity contribution >= 4 is 0 Å². The maximum absolute atomic E-state index is 3.53. The lowest BCUT2D eigenvalue weighted by molar-refractivity contribution is 0.104. The average Bonchev–Trinajstić information content (AvgIpc) is 2.58. The third-order valence-corrected chi connectivity index (χ3v) is 5.69. The Hall–Kier alpha value is -0.200. The molecule has 0 aliphatic carbocycles. The van der Waals surface area contributed by atoms with Crippen LogP contribution in [0.2, 0.25) is 0 Å². The van der Waals surface area contributed by atoms with Gasteiger partial charge in [-0.25, -0.2) is 0 Å². The number of nitrogens with zero attached hydrogens (tertiary/aromatic N) is 4. The van der Waals surface area contributed by atoms with E-state index < -0.39 is 0 Å². The van der Waals surface area contributed by atoms with Gasteiger partial charge in [-0.2, -0.15) is 0 Å². The Morgan fingerprint density at radius 1 is 0.731 bits per heavy atom. The van der Waals surface area contributed by atoms with E-state index in [1.807, 2.05) is 0 Å². The van der Waals surface area contributed by atoms with E-state index in [0.717, 1.165) is 13.1 Å². The molecule has 0 bridgehead atoms. The van der Waals surface area contributed by atoms with E-state index in [2.05, 4.69) is 73.4 Å². The van der Waals surface area contributed by atoms with E-state index in [4.69, 9.17) is 0 Å². The minimum absolute atomic E-state index is 0.595. The summed E-state index contributed by atoms with van der Waals surface area (Å²) < 4.78 is 0. The van der Waals surface area contributed by atoms with Crippen LogP contribution in [-0.4, -0.2) is 110 Å². The molecular formula is C21H47N5. The molecule has 1 aliphatic rings. The molecule has 0 aromatic rings. The third kappa shape index (κ3) is 9.65. The van der Waals surface area contributed by atoms with Crippen LogP contribution in [0.1, 0.15) is 48.5 Å². The van der Waals surface area contributed by atoms with Crippen molar-refractivity contribution in [2.24, 2.45) is 0 Å². The van der Waals surface area contributed by atoms with Crippen LogP contribution in [0.5, 0.6) is 0 Å². The smallest absolute Gasteiger partial charge is 0.0113 e. The molecule has 5 heteroatoms. The number of rotatable bonds is 13. The molecule has 0 amide bonds. The normalized spacial score (nSPS) is 17.5. The summed E-state index contributed by atoms with van der Waals surface area (Å²) in [6.45, 7) is 29.1. The first-order chi connectivity index (χ1) is 12.3. The maximum Gasteiger partial charge on any atom is 0.0113 e. The van der Waals surface area contributed by atoms with Crippen LogP contribution in [0.4, 0.5) is 0 Å². The second kappa shape index (κ2) is 13.1. The summed E-state index contributed by atoms with van der Waals surface area (Å²) in [7, 11) is 0. The summed E-state index contributed by atoms with van der Waals surface area (Å²) in [5.74, 6) is 0. The van der Waals surface area contributed by atoms with Gasteiger partial charge in [-0.1, -0.05) is 20.8 Å². The van der Waals surface area contributed by atoms with Crippen LogP contribution >= 0.6 is 0 Å². The first-order valence-corrected chi connectivity index (χ1v) is 11.0. The van der Waals surface area contributed by atoms with Gasteiger partial charge in [-0.3, -0.25) is 19.6 Å². The molecule has 0 radical (unpaired) electrons. The molecule has 1 N–H and O–H groups in total. The summed E-state index contributed by atoms with van der Waals surface area (Å²) in [6.07, 6.45) is 0. The molecule has 0 saturated carbocycles. The number of hydrogen-bond acceptors (Lipinski definition) is 5. The number of nitrogens with one attached hydrogen (secondary N) is 1. The Morgan fingerprint density at radius 3 is 1.69 bits per heavy atom. The topological polar surface area (TPSA) is 25.0 Å². The summed E-state index contributed by atoms with van der Waals surface area (Å²) in [5.41, 5.74) is 0. The third-order valence-electron chi connectivity index (χ3n) is 5.69. The Bertz CT molecular complexity index is 337. The van der Waals surface area contributed by atoms with Gasteiger partial charge in [0.2, 0.25) is 0 Å². The van der Waals surface area contributed by atoms with Crippen LogP contribution < -0.4 is 5.32 Å². The van der Waals surface area contributed by atoms with Gasteiger partial charge in [0.25, 0.3) is 0 Å². The SMILES string of the molecule is CCN(CCN(CCN1CCN(CCNC(C)C)CC1)C(C)C)C(C)C. The number of piperazine rings is 1. The molecule has 156 valence electrons. The lowest BCUT2D eigenvalue weighted by Gasteiger charge is -2.37. The van der Waals surface area contributed by atoms with E-state index in [0.29, 0.717) is 18.1 Å². The van der Waals surface area contributed by atoms with Crippen molar-refractivity contribution in [3.63, 3.8) is 0 Å². The Kier molecular flexibility index (Phi) is 12.0. The van der Waals surface area contributed by atoms with Crippen molar-refractivity contribution < 1.29 is 0 Å². The van der Waals surface area contributed by atoms with Crippen molar-refractivity contribution in [2.45, 2.75) is 66.6 Å². The van der Waals surface area contributed by atoms with Crippen LogP contribution in [0.15, 0.2) is 0 Å². The molecule has 1 aliphatic heterocycles. The van der Waals surface area contributed by atoms with Crippen molar-refractivity contribution in [2.75, 3.05) is 72.0 Å². The Balaban J connectivity index is 2.26. The van der Waals surface area contributed by atoms with Crippen LogP contribution in [0, 0.1) is 0 Å². The summed E-state index contributed by atoms with van der Waals surface area (Å²) in [4.78, 5) is 10.5. The molecule has 0 spiro atoms. The number of hydrogen-bond donors (Lipinski definition) is 1. The van der Waals surface area contributed by atoms with Gasteiger partial charge in [0.1, 0.15) is 0 Å². The fourth-order valence-corrected chi connectivity index (χ4v) is 3.68. The zero-order valence-electron chi connectivity index (χ0n) is 18.8. The molecule has 1 fully saturated rings. The standard InChI is InChI=1S/C21H47N5/c1-8-25(20(4)5)17-18-26(21(6)7)16-15-24-13-11-23(12-14-24)10-9-22-19(2)3/h19-22H,8-18H2,1-7H3.